The molecule has 1 unspecified atom stereocenters. The third-order valence-electron chi connectivity index (χ3n) is 2.41. The number of unbranched alkanes of at least 4 members (excludes halogenated alkanes) is 3. The molecule has 0 spiro atoms. The maximum atomic E-state index is 10.3. The summed E-state index contributed by atoms with van der Waals surface area (Å²) in [4.78, 5) is 0. The number of rotatable bonds is 7. The first-order valence-corrected chi connectivity index (χ1v) is 6.59. The second-order valence-corrected chi connectivity index (χ2v) is 4.32. The van der Waals surface area contributed by atoms with Crippen LogP contribution in [0.25, 0.3) is 0 Å². The first-order chi connectivity index (χ1) is 7.72. The van der Waals surface area contributed by atoms with E-state index in [-0.39, 0.29) is 29.6 Å². The van der Waals surface area contributed by atoms with Crippen LogP contribution in [0.5, 0.6) is 5.75 Å². The predicted molar refractivity (Wildman–Crippen MR) is 63.8 cm³/mol. The molecule has 0 aliphatic rings. The number of aryl methyl sites for hydroxylation is 1. The van der Waals surface area contributed by atoms with Crippen LogP contribution >= 0.6 is 0 Å². The van der Waals surface area contributed by atoms with Crippen molar-refractivity contribution in [2.75, 3.05) is 0 Å². The molecule has 1 aromatic rings. The summed E-state index contributed by atoms with van der Waals surface area (Å²) in [5.74, 6) is 0.366. The van der Waals surface area contributed by atoms with Crippen LogP contribution in [0.4, 0.5) is 0 Å². The fourth-order valence-electron chi connectivity index (χ4n) is 1.55. The Kier molecular flexibility index (Phi) is 10.2. The minimum atomic E-state index is -2.48. The van der Waals surface area contributed by atoms with E-state index in [0.29, 0.717) is 5.75 Å². The van der Waals surface area contributed by atoms with E-state index in [9.17, 15) is 8.76 Å². The standard InChI is InChI=1S/C12H18O3S.Na/c1-2-3-4-5-6-11-7-9-12(10-8-11)15-16(13)14;/h7-10H,2-6H2,1H3,(H,13,14);/q;+1/p-1. The molecule has 1 aromatic carbocycles. The fourth-order valence-corrected chi connectivity index (χ4v) is 1.81. The van der Waals surface area contributed by atoms with Crippen LogP contribution < -0.4 is 33.7 Å². The molecule has 0 heterocycles. The van der Waals surface area contributed by atoms with Crippen LogP contribution in [0.1, 0.15) is 38.2 Å². The molecule has 17 heavy (non-hydrogen) atoms. The Morgan fingerprint density at radius 1 is 1.18 bits per heavy atom. The van der Waals surface area contributed by atoms with E-state index in [0.717, 1.165) is 6.42 Å². The van der Waals surface area contributed by atoms with Crippen LogP contribution in [0.3, 0.4) is 0 Å². The summed E-state index contributed by atoms with van der Waals surface area (Å²) in [6, 6.07) is 7.19. The van der Waals surface area contributed by atoms with Gasteiger partial charge in [0.1, 0.15) is 17.1 Å². The molecule has 3 nitrogen and oxygen atoms in total. The van der Waals surface area contributed by atoms with Crippen molar-refractivity contribution in [2.24, 2.45) is 0 Å². The summed E-state index contributed by atoms with van der Waals surface area (Å²) >= 11 is -2.48. The normalized spacial score (nSPS) is 11.6. The van der Waals surface area contributed by atoms with E-state index in [1.165, 1.54) is 31.2 Å². The van der Waals surface area contributed by atoms with Gasteiger partial charge in [-0.1, -0.05) is 38.3 Å². The fraction of sp³-hybridized carbons (Fsp3) is 0.500. The number of benzene rings is 1. The van der Waals surface area contributed by atoms with Crippen molar-refractivity contribution in [3.63, 3.8) is 0 Å². The van der Waals surface area contributed by atoms with E-state index < -0.39 is 11.4 Å². The molecular weight excluding hydrogens is 247 g/mol. The van der Waals surface area contributed by atoms with Crippen molar-refractivity contribution in [1.82, 2.24) is 0 Å². The Labute approximate surface area is 128 Å². The van der Waals surface area contributed by atoms with Gasteiger partial charge in [0.25, 0.3) is 0 Å². The van der Waals surface area contributed by atoms with Crippen molar-refractivity contribution in [1.29, 1.82) is 0 Å². The molecule has 0 aromatic heterocycles. The minimum Gasteiger partial charge on any atom is -0.740 e. The predicted octanol–water partition coefficient (Wildman–Crippen LogP) is -0.0137. The Bertz CT molecular complexity index is 327. The molecule has 90 valence electrons. The SMILES string of the molecule is CCCCCCc1ccc(OS(=O)[O-])cc1.[Na+]. The zero-order valence-electron chi connectivity index (χ0n) is 10.5. The average molecular weight is 264 g/mol. The molecule has 5 heteroatoms. The zero-order valence-corrected chi connectivity index (χ0v) is 13.3. The van der Waals surface area contributed by atoms with E-state index >= 15 is 0 Å². The molecule has 0 saturated heterocycles. The summed E-state index contributed by atoms with van der Waals surface area (Å²) in [5, 5.41) is 0. The molecule has 1 rings (SSSR count). The second kappa shape index (κ2) is 10.1. The summed E-state index contributed by atoms with van der Waals surface area (Å²) < 4.78 is 25.1. The van der Waals surface area contributed by atoms with Crippen molar-refractivity contribution >= 4 is 11.4 Å². The van der Waals surface area contributed by atoms with Crippen LogP contribution in [0, 0.1) is 0 Å². The maximum Gasteiger partial charge on any atom is 1.00 e. The van der Waals surface area contributed by atoms with Gasteiger partial charge >= 0.3 is 29.6 Å². The van der Waals surface area contributed by atoms with Crippen LogP contribution in [-0.2, 0) is 17.8 Å². The smallest absolute Gasteiger partial charge is 0.740 e. The second-order valence-electron chi connectivity index (χ2n) is 3.74. The summed E-state index contributed by atoms with van der Waals surface area (Å²) in [6.07, 6.45) is 5.99. The third-order valence-corrected chi connectivity index (χ3v) is 2.74. The van der Waals surface area contributed by atoms with Crippen LogP contribution in [-0.4, -0.2) is 8.76 Å². The summed E-state index contributed by atoms with van der Waals surface area (Å²) in [7, 11) is 0. The molecule has 0 amide bonds. The van der Waals surface area contributed by atoms with Gasteiger partial charge in [-0.15, -0.1) is 0 Å². The Morgan fingerprint density at radius 2 is 1.82 bits per heavy atom. The topological polar surface area (TPSA) is 49.4 Å². The van der Waals surface area contributed by atoms with Gasteiger partial charge in [0, 0.05) is 0 Å². The van der Waals surface area contributed by atoms with Gasteiger partial charge in [0.2, 0.25) is 0 Å². The zero-order chi connectivity index (χ0) is 11.8. The van der Waals surface area contributed by atoms with Gasteiger partial charge in [-0.25, -0.2) is 4.21 Å². The Hall–Kier alpha value is 0.130. The van der Waals surface area contributed by atoms with Gasteiger partial charge in [0.05, 0.1) is 0 Å². The minimum absolute atomic E-state index is 0. The van der Waals surface area contributed by atoms with Crippen molar-refractivity contribution in [3.05, 3.63) is 29.8 Å². The van der Waals surface area contributed by atoms with Crippen molar-refractivity contribution < 1.29 is 42.5 Å². The molecule has 0 fully saturated rings. The van der Waals surface area contributed by atoms with Gasteiger partial charge in [-0.2, -0.15) is 0 Å². The first-order valence-electron chi connectivity index (χ1n) is 5.59. The number of hydrogen-bond acceptors (Lipinski definition) is 3. The Morgan fingerprint density at radius 3 is 2.35 bits per heavy atom. The van der Waals surface area contributed by atoms with Gasteiger partial charge < -0.3 is 8.74 Å². The van der Waals surface area contributed by atoms with Gasteiger partial charge in [-0.05, 0) is 30.5 Å². The largest absolute Gasteiger partial charge is 1.00 e. The number of hydrogen-bond donors (Lipinski definition) is 0. The van der Waals surface area contributed by atoms with E-state index in [1.54, 1.807) is 12.1 Å². The maximum absolute atomic E-state index is 10.3. The van der Waals surface area contributed by atoms with Gasteiger partial charge in [-0.3, -0.25) is 0 Å². The molecule has 0 saturated carbocycles. The molecule has 0 N–H and O–H groups in total. The summed E-state index contributed by atoms with van der Waals surface area (Å²) in [5.41, 5.74) is 1.22. The molecule has 0 aliphatic carbocycles. The monoisotopic (exact) mass is 264 g/mol. The molecule has 1 atom stereocenters. The van der Waals surface area contributed by atoms with Crippen LogP contribution in [0.2, 0.25) is 0 Å². The van der Waals surface area contributed by atoms with Gasteiger partial charge in [0.15, 0.2) is 0 Å². The summed E-state index contributed by atoms with van der Waals surface area (Å²) in [6.45, 7) is 2.19. The van der Waals surface area contributed by atoms with E-state index in [2.05, 4.69) is 11.1 Å². The third kappa shape index (κ3) is 7.95. The van der Waals surface area contributed by atoms with Crippen molar-refractivity contribution in [2.45, 2.75) is 39.0 Å². The molecule has 0 bridgehead atoms. The van der Waals surface area contributed by atoms with Crippen molar-refractivity contribution in [3.8, 4) is 5.75 Å². The van der Waals surface area contributed by atoms with E-state index in [4.69, 9.17) is 0 Å². The molecule has 0 aliphatic heterocycles. The first kappa shape index (κ1) is 17.1. The van der Waals surface area contributed by atoms with Crippen LogP contribution in [0.15, 0.2) is 24.3 Å². The molecular formula is C12H17NaO3S. The Balaban J connectivity index is 0.00000256. The quantitative estimate of drug-likeness (QED) is 0.395. The van der Waals surface area contributed by atoms with E-state index in [1.807, 2.05) is 12.1 Å². The molecule has 0 radical (unpaired) electrons. The average Bonchev–Trinajstić information content (AvgIpc) is 2.26.